The zero-order chi connectivity index (χ0) is 14.8. The summed E-state index contributed by atoms with van der Waals surface area (Å²) in [4.78, 5) is 0. The molecular weight excluding hydrogens is 271 g/mol. The van der Waals surface area contributed by atoms with Crippen molar-refractivity contribution in [1.82, 2.24) is 0 Å². The maximum atomic E-state index is 13.3. The fourth-order valence-corrected chi connectivity index (χ4v) is 4.02. The molecule has 0 saturated carbocycles. The van der Waals surface area contributed by atoms with Crippen molar-refractivity contribution in [3.8, 4) is 5.75 Å². The fourth-order valence-electron chi connectivity index (χ4n) is 1.93. The Hall–Kier alpha value is -1.31. The van der Waals surface area contributed by atoms with Crippen molar-refractivity contribution in [1.29, 1.82) is 0 Å². The minimum Gasteiger partial charge on any atom is -0.463 e. The second-order valence-electron chi connectivity index (χ2n) is 5.80. The van der Waals surface area contributed by atoms with Gasteiger partial charge in [-0.2, -0.15) is 0 Å². The van der Waals surface area contributed by atoms with Gasteiger partial charge in [-0.05, 0) is 30.5 Å². The molecule has 0 radical (unpaired) electrons. The molecule has 1 aromatic carbocycles. The zero-order valence-electron chi connectivity index (χ0n) is 12.4. The normalized spacial score (nSPS) is 22.3. The summed E-state index contributed by atoms with van der Waals surface area (Å²) < 4.78 is 24.5. The van der Waals surface area contributed by atoms with Gasteiger partial charge >= 0.3 is 0 Å². The van der Waals surface area contributed by atoms with Crippen molar-refractivity contribution in [3.05, 3.63) is 48.0 Å². The predicted octanol–water partition coefficient (Wildman–Crippen LogP) is 4.46. The third-order valence-electron chi connectivity index (χ3n) is 2.89. The number of rotatable bonds is 3. The van der Waals surface area contributed by atoms with E-state index in [1.54, 1.807) is 6.26 Å². The third kappa shape index (κ3) is 3.05. The van der Waals surface area contributed by atoms with Crippen LogP contribution in [0.2, 0.25) is 0 Å². The number of ether oxygens (including phenoxy) is 1. The third-order valence-corrected chi connectivity index (χ3v) is 5.45. The summed E-state index contributed by atoms with van der Waals surface area (Å²) in [6, 6.07) is 7.33. The Morgan fingerprint density at radius 2 is 2.00 bits per heavy atom. The molecule has 0 spiro atoms. The standard InChI is InChI=1S/C16H21O3P/c1-5-19-20(17)13(10-11-16(2,3)4)12-18-14-8-6-7-9-15(14)20/h6-12H,5H2,1-4H3/b11-10+. The van der Waals surface area contributed by atoms with Crippen LogP contribution < -0.4 is 10.0 Å². The Morgan fingerprint density at radius 1 is 1.30 bits per heavy atom. The van der Waals surface area contributed by atoms with Gasteiger partial charge in [-0.1, -0.05) is 39.0 Å². The molecule has 0 aromatic heterocycles. The van der Waals surface area contributed by atoms with Crippen LogP contribution in [-0.2, 0) is 9.09 Å². The van der Waals surface area contributed by atoms with E-state index in [2.05, 4.69) is 20.8 Å². The topological polar surface area (TPSA) is 35.5 Å². The van der Waals surface area contributed by atoms with Gasteiger partial charge in [-0.25, -0.2) is 0 Å². The summed E-state index contributed by atoms with van der Waals surface area (Å²) in [5, 5.41) is 1.24. The van der Waals surface area contributed by atoms with Crippen molar-refractivity contribution in [2.75, 3.05) is 6.61 Å². The first-order chi connectivity index (χ1) is 9.37. The highest BCUT2D eigenvalue weighted by atomic mass is 31.2. The van der Waals surface area contributed by atoms with E-state index in [0.29, 0.717) is 23.0 Å². The summed E-state index contributed by atoms with van der Waals surface area (Å²) in [5.74, 6) is 0.609. The molecule has 1 unspecified atom stereocenters. The molecule has 0 saturated heterocycles. The van der Waals surface area contributed by atoms with Crippen LogP contribution in [-0.4, -0.2) is 6.61 Å². The van der Waals surface area contributed by atoms with Crippen molar-refractivity contribution < 1.29 is 13.8 Å². The zero-order valence-corrected chi connectivity index (χ0v) is 13.3. The van der Waals surface area contributed by atoms with Gasteiger partial charge in [0.25, 0.3) is 7.37 Å². The Balaban J connectivity index is 2.46. The predicted molar refractivity (Wildman–Crippen MR) is 82.6 cm³/mol. The fraction of sp³-hybridized carbons (Fsp3) is 0.375. The number of para-hydroxylation sites is 1. The molecule has 1 aliphatic heterocycles. The molecule has 1 aliphatic rings. The molecule has 108 valence electrons. The lowest BCUT2D eigenvalue weighted by Gasteiger charge is -2.25. The first-order valence-electron chi connectivity index (χ1n) is 6.77. The van der Waals surface area contributed by atoms with Crippen molar-refractivity contribution >= 4 is 12.7 Å². The summed E-state index contributed by atoms with van der Waals surface area (Å²) in [5.41, 5.74) is 0.00878. The van der Waals surface area contributed by atoms with E-state index in [9.17, 15) is 4.57 Å². The molecule has 0 aliphatic carbocycles. The minimum atomic E-state index is -3.05. The molecule has 2 rings (SSSR count). The average Bonchev–Trinajstić information content (AvgIpc) is 2.37. The van der Waals surface area contributed by atoms with Gasteiger partial charge in [0.05, 0.1) is 17.2 Å². The van der Waals surface area contributed by atoms with Crippen LogP contribution in [0.25, 0.3) is 0 Å². The lowest BCUT2D eigenvalue weighted by molar-refractivity contribution is 0.341. The maximum absolute atomic E-state index is 13.3. The van der Waals surface area contributed by atoms with Crippen LogP contribution in [0, 0.1) is 5.41 Å². The van der Waals surface area contributed by atoms with Crippen LogP contribution in [0.3, 0.4) is 0 Å². The number of hydrogen-bond donors (Lipinski definition) is 0. The summed E-state index contributed by atoms with van der Waals surface area (Å²) >= 11 is 0. The van der Waals surface area contributed by atoms with Gasteiger partial charge in [0.2, 0.25) is 0 Å². The molecule has 0 bridgehead atoms. The van der Waals surface area contributed by atoms with Gasteiger partial charge in [0.1, 0.15) is 12.0 Å². The number of hydrogen-bond acceptors (Lipinski definition) is 3. The lowest BCUT2D eigenvalue weighted by Crippen LogP contribution is -2.16. The van der Waals surface area contributed by atoms with E-state index < -0.39 is 7.37 Å². The number of benzene rings is 1. The Morgan fingerprint density at radius 3 is 2.65 bits per heavy atom. The molecule has 1 atom stereocenters. The van der Waals surface area contributed by atoms with Crippen LogP contribution in [0.4, 0.5) is 0 Å². The molecule has 1 heterocycles. The molecule has 20 heavy (non-hydrogen) atoms. The van der Waals surface area contributed by atoms with Gasteiger partial charge in [0, 0.05) is 0 Å². The van der Waals surface area contributed by atoms with Crippen molar-refractivity contribution in [3.63, 3.8) is 0 Å². The summed E-state index contributed by atoms with van der Waals surface area (Å²) in [7, 11) is -3.05. The Bertz CT molecular complexity index is 594. The molecule has 0 N–H and O–H groups in total. The van der Waals surface area contributed by atoms with Crippen LogP contribution in [0.1, 0.15) is 27.7 Å². The van der Waals surface area contributed by atoms with Gasteiger partial charge in [-0.15, -0.1) is 0 Å². The van der Waals surface area contributed by atoms with E-state index in [0.717, 1.165) is 0 Å². The highest BCUT2D eigenvalue weighted by Crippen LogP contribution is 2.58. The molecule has 0 fully saturated rings. The van der Waals surface area contributed by atoms with E-state index in [1.807, 2.05) is 43.3 Å². The highest BCUT2D eigenvalue weighted by molar-refractivity contribution is 7.71. The van der Waals surface area contributed by atoms with Crippen molar-refractivity contribution in [2.45, 2.75) is 27.7 Å². The molecule has 3 nitrogen and oxygen atoms in total. The Kier molecular flexibility index (Phi) is 4.22. The maximum Gasteiger partial charge on any atom is 0.268 e. The van der Waals surface area contributed by atoms with E-state index in [4.69, 9.17) is 9.26 Å². The first kappa shape index (κ1) is 15.1. The molecule has 1 aromatic rings. The number of allylic oxidation sites excluding steroid dienone is 3. The van der Waals surface area contributed by atoms with Gasteiger partial charge in [0.15, 0.2) is 0 Å². The summed E-state index contributed by atoms with van der Waals surface area (Å²) in [6.45, 7) is 8.52. The molecule has 4 heteroatoms. The van der Waals surface area contributed by atoms with Gasteiger partial charge in [-0.3, -0.25) is 4.57 Å². The monoisotopic (exact) mass is 292 g/mol. The lowest BCUT2D eigenvalue weighted by atomic mass is 9.96. The first-order valence-corrected chi connectivity index (χ1v) is 8.40. The second-order valence-corrected chi connectivity index (χ2v) is 8.16. The van der Waals surface area contributed by atoms with Crippen molar-refractivity contribution in [2.24, 2.45) is 5.41 Å². The minimum absolute atomic E-state index is 0.00878. The average molecular weight is 292 g/mol. The molecule has 0 amide bonds. The SMILES string of the molecule is CCOP1(=O)C(/C=C/C(C)(C)C)=COc2ccccc21. The molecular formula is C16H21O3P. The second kappa shape index (κ2) is 5.59. The largest absolute Gasteiger partial charge is 0.463 e. The quantitative estimate of drug-likeness (QED) is 0.771. The smallest absolute Gasteiger partial charge is 0.268 e. The summed E-state index contributed by atoms with van der Waals surface area (Å²) in [6.07, 6.45) is 5.41. The van der Waals surface area contributed by atoms with Gasteiger partial charge < -0.3 is 9.26 Å². The van der Waals surface area contributed by atoms with E-state index in [1.165, 1.54) is 0 Å². The Labute approximate surface area is 120 Å². The highest BCUT2D eigenvalue weighted by Gasteiger charge is 2.35. The van der Waals surface area contributed by atoms with Crippen LogP contribution in [0.5, 0.6) is 5.75 Å². The number of fused-ring (bicyclic) bond motifs is 1. The van der Waals surface area contributed by atoms with E-state index >= 15 is 0 Å². The van der Waals surface area contributed by atoms with E-state index in [-0.39, 0.29) is 5.41 Å². The van der Waals surface area contributed by atoms with Crippen LogP contribution >= 0.6 is 7.37 Å². The van der Waals surface area contributed by atoms with Crippen LogP contribution in [0.15, 0.2) is 48.0 Å².